The number of halogens is 1. The zero-order valence-corrected chi connectivity index (χ0v) is 14.6. The highest BCUT2D eigenvalue weighted by molar-refractivity contribution is 14.0. The van der Waals surface area contributed by atoms with Gasteiger partial charge in [0.15, 0.2) is 5.96 Å². The summed E-state index contributed by atoms with van der Waals surface area (Å²) < 4.78 is 5.48. The lowest BCUT2D eigenvalue weighted by atomic mass is 9.84. The molecule has 6 heteroatoms. The number of rotatable bonds is 4. The molecule has 2 aliphatic rings. The van der Waals surface area contributed by atoms with Crippen LogP contribution in [-0.2, 0) is 4.74 Å². The lowest BCUT2D eigenvalue weighted by molar-refractivity contribution is 0.131. The molecule has 2 rings (SSSR count). The van der Waals surface area contributed by atoms with Gasteiger partial charge in [-0.1, -0.05) is 12.8 Å². The normalized spacial score (nSPS) is 28.1. The van der Waals surface area contributed by atoms with Crippen LogP contribution in [0.2, 0.25) is 0 Å². The Morgan fingerprint density at radius 3 is 2.50 bits per heavy atom. The van der Waals surface area contributed by atoms with Crippen molar-refractivity contribution in [2.24, 2.45) is 16.1 Å². The van der Waals surface area contributed by atoms with Crippen LogP contribution in [0.25, 0.3) is 0 Å². The van der Waals surface area contributed by atoms with Gasteiger partial charge in [0, 0.05) is 31.7 Å². The lowest BCUT2D eigenvalue weighted by Gasteiger charge is -2.26. The zero-order valence-electron chi connectivity index (χ0n) is 12.2. The largest absolute Gasteiger partial charge is 0.396 e. The minimum absolute atomic E-state index is 0. The third-order valence-corrected chi connectivity index (χ3v) is 4.33. The number of aliphatic hydroxyl groups excluding tert-OH is 1. The number of likely N-dealkylation sites (tertiary alicyclic amines) is 1. The number of ether oxygens (including phenoxy) is 1. The highest BCUT2D eigenvalue weighted by atomic mass is 127. The number of guanidine groups is 1. The van der Waals surface area contributed by atoms with Crippen molar-refractivity contribution in [2.45, 2.75) is 38.5 Å². The quantitative estimate of drug-likeness (QED) is 0.430. The van der Waals surface area contributed by atoms with Crippen LogP contribution in [0.4, 0.5) is 0 Å². The van der Waals surface area contributed by atoms with Crippen LogP contribution in [0.3, 0.4) is 0 Å². The Labute approximate surface area is 139 Å². The van der Waals surface area contributed by atoms with E-state index >= 15 is 0 Å². The second kappa shape index (κ2) is 9.04. The van der Waals surface area contributed by atoms with Crippen LogP contribution in [-0.4, -0.2) is 55.4 Å². The molecule has 5 nitrogen and oxygen atoms in total. The summed E-state index contributed by atoms with van der Waals surface area (Å²) in [5.41, 5.74) is 6.13. The van der Waals surface area contributed by atoms with Gasteiger partial charge >= 0.3 is 0 Å². The molecule has 20 heavy (non-hydrogen) atoms. The van der Waals surface area contributed by atoms with Crippen molar-refractivity contribution in [3.63, 3.8) is 0 Å². The van der Waals surface area contributed by atoms with Crippen molar-refractivity contribution in [3.8, 4) is 0 Å². The van der Waals surface area contributed by atoms with E-state index < -0.39 is 0 Å². The third-order valence-electron chi connectivity index (χ3n) is 4.33. The summed E-state index contributed by atoms with van der Waals surface area (Å²) in [6.07, 6.45) is 6.74. The van der Waals surface area contributed by atoms with E-state index in [0.29, 0.717) is 19.1 Å². The van der Waals surface area contributed by atoms with Crippen molar-refractivity contribution in [3.05, 3.63) is 0 Å². The van der Waals surface area contributed by atoms with Crippen LogP contribution >= 0.6 is 24.0 Å². The Hall–Kier alpha value is -0.0800. The monoisotopic (exact) mass is 397 g/mol. The summed E-state index contributed by atoms with van der Waals surface area (Å²) in [7, 11) is 0. The van der Waals surface area contributed by atoms with Gasteiger partial charge in [0.1, 0.15) is 0 Å². The molecule has 0 aromatic rings. The average molecular weight is 397 g/mol. The summed E-state index contributed by atoms with van der Waals surface area (Å²) in [5, 5.41) is 9.20. The van der Waals surface area contributed by atoms with Crippen molar-refractivity contribution in [1.82, 2.24) is 4.90 Å². The van der Waals surface area contributed by atoms with Gasteiger partial charge in [0.2, 0.25) is 0 Å². The molecule has 3 N–H and O–H groups in total. The predicted molar refractivity (Wildman–Crippen MR) is 91.5 cm³/mol. The highest BCUT2D eigenvalue weighted by Gasteiger charge is 2.34. The maximum atomic E-state index is 9.20. The first-order valence-electron chi connectivity index (χ1n) is 7.49. The summed E-state index contributed by atoms with van der Waals surface area (Å²) in [6, 6.07) is 0. The van der Waals surface area contributed by atoms with Gasteiger partial charge in [-0.3, -0.25) is 4.99 Å². The van der Waals surface area contributed by atoms with E-state index in [9.17, 15) is 5.11 Å². The number of hydrogen-bond acceptors (Lipinski definition) is 3. The number of aliphatic hydroxyl groups is 1. The molecular formula is C14H28IN3O2. The standard InChI is InChI=1S/C14H27N3O2.HI/c15-13(17-7-3-1-2-4-8-17)16-11-14(5-9-18)6-10-19-12-14;/h18H,1-12H2,(H2,15,16);1H. The van der Waals surface area contributed by atoms with E-state index in [0.717, 1.165) is 32.5 Å². The Morgan fingerprint density at radius 2 is 1.95 bits per heavy atom. The molecule has 0 aromatic heterocycles. The molecule has 118 valence electrons. The van der Waals surface area contributed by atoms with Crippen LogP contribution in [0.5, 0.6) is 0 Å². The molecule has 0 spiro atoms. The molecule has 0 radical (unpaired) electrons. The lowest BCUT2D eigenvalue weighted by Crippen LogP contribution is -2.39. The Balaban J connectivity index is 0.00000200. The Kier molecular flexibility index (Phi) is 8.13. The van der Waals surface area contributed by atoms with Gasteiger partial charge in [0.05, 0.1) is 13.2 Å². The van der Waals surface area contributed by atoms with Gasteiger partial charge in [-0.15, -0.1) is 24.0 Å². The molecular weight excluding hydrogens is 369 g/mol. The summed E-state index contributed by atoms with van der Waals surface area (Å²) in [6.45, 7) is 4.40. The molecule has 0 saturated carbocycles. The number of hydrogen-bond donors (Lipinski definition) is 2. The first kappa shape index (κ1) is 18.0. The molecule has 0 aliphatic carbocycles. The number of nitrogens with two attached hydrogens (primary N) is 1. The minimum atomic E-state index is 0. The molecule has 1 unspecified atom stereocenters. The number of nitrogens with zero attached hydrogens (tertiary/aromatic N) is 2. The molecule has 2 saturated heterocycles. The van der Waals surface area contributed by atoms with Crippen molar-refractivity contribution in [1.29, 1.82) is 0 Å². The molecule has 0 bridgehead atoms. The van der Waals surface area contributed by atoms with Gasteiger partial charge in [-0.05, 0) is 25.7 Å². The smallest absolute Gasteiger partial charge is 0.191 e. The van der Waals surface area contributed by atoms with E-state index in [1.807, 2.05) is 0 Å². The molecule has 0 aromatic carbocycles. The summed E-state index contributed by atoms with van der Waals surface area (Å²) in [5.74, 6) is 0.672. The van der Waals surface area contributed by atoms with Crippen LogP contribution in [0.1, 0.15) is 38.5 Å². The second-order valence-electron chi connectivity index (χ2n) is 5.85. The highest BCUT2D eigenvalue weighted by Crippen LogP contribution is 2.32. The molecule has 2 heterocycles. The third kappa shape index (κ3) is 5.04. The van der Waals surface area contributed by atoms with Gasteiger partial charge in [-0.2, -0.15) is 0 Å². The molecule has 1 atom stereocenters. The number of aliphatic imine (C=N–C) groups is 1. The van der Waals surface area contributed by atoms with E-state index in [2.05, 4.69) is 9.89 Å². The van der Waals surface area contributed by atoms with Gasteiger partial charge in [0.25, 0.3) is 0 Å². The second-order valence-corrected chi connectivity index (χ2v) is 5.85. The van der Waals surface area contributed by atoms with Gasteiger partial charge in [-0.25, -0.2) is 0 Å². The van der Waals surface area contributed by atoms with Gasteiger partial charge < -0.3 is 20.5 Å². The molecule has 2 fully saturated rings. The van der Waals surface area contributed by atoms with Crippen molar-refractivity contribution < 1.29 is 9.84 Å². The summed E-state index contributed by atoms with van der Waals surface area (Å²) >= 11 is 0. The minimum Gasteiger partial charge on any atom is -0.396 e. The topological polar surface area (TPSA) is 71.1 Å². The first-order chi connectivity index (χ1) is 9.26. The zero-order chi connectivity index (χ0) is 13.6. The van der Waals surface area contributed by atoms with Crippen molar-refractivity contribution in [2.75, 3.05) is 39.5 Å². The van der Waals surface area contributed by atoms with Crippen LogP contribution < -0.4 is 5.73 Å². The van der Waals surface area contributed by atoms with E-state index in [4.69, 9.17) is 10.5 Å². The summed E-state index contributed by atoms with van der Waals surface area (Å²) in [4.78, 5) is 6.80. The maximum absolute atomic E-state index is 9.20. The fraction of sp³-hybridized carbons (Fsp3) is 0.929. The van der Waals surface area contributed by atoms with Crippen molar-refractivity contribution >= 4 is 29.9 Å². The first-order valence-corrected chi connectivity index (χ1v) is 7.49. The van der Waals surface area contributed by atoms with Crippen LogP contribution in [0.15, 0.2) is 4.99 Å². The maximum Gasteiger partial charge on any atom is 0.191 e. The molecule has 2 aliphatic heterocycles. The Bertz CT molecular complexity index is 299. The fourth-order valence-corrected chi connectivity index (χ4v) is 2.94. The van der Waals surface area contributed by atoms with E-state index in [1.165, 1.54) is 25.7 Å². The molecule has 0 amide bonds. The average Bonchev–Trinajstić information content (AvgIpc) is 2.71. The van der Waals surface area contributed by atoms with Crippen LogP contribution in [0, 0.1) is 5.41 Å². The SMILES string of the molecule is I.NC(=NCC1(CCO)CCOC1)N1CCCCCC1. The van der Waals surface area contributed by atoms with E-state index in [-0.39, 0.29) is 36.0 Å². The predicted octanol–water partition coefficient (Wildman–Crippen LogP) is 1.58. The fourth-order valence-electron chi connectivity index (χ4n) is 2.94. The van der Waals surface area contributed by atoms with E-state index in [1.54, 1.807) is 0 Å². The Morgan fingerprint density at radius 1 is 1.25 bits per heavy atom.